The zero-order valence-corrected chi connectivity index (χ0v) is 20.5. The highest BCUT2D eigenvalue weighted by Crippen LogP contribution is 2.28. The predicted molar refractivity (Wildman–Crippen MR) is 144 cm³/mol. The minimum atomic E-state index is 0. The first-order valence-corrected chi connectivity index (χ1v) is 12.0. The van der Waals surface area contributed by atoms with Gasteiger partial charge >= 0.3 is 5.69 Å². The Hall–Kier alpha value is -3.02. The van der Waals surface area contributed by atoms with Gasteiger partial charge in [-0.15, -0.1) is 12.4 Å². The molecule has 0 radical (unpaired) electrons. The second-order valence-electron chi connectivity index (χ2n) is 9.09. The van der Waals surface area contributed by atoms with E-state index in [1.807, 2.05) is 28.8 Å². The number of aryl methyl sites for hydroxylation is 1. The van der Waals surface area contributed by atoms with Crippen LogP contribution in [-0.2, 0) is 0 Å². The maximum atomic E-state index is 12.5. The van der Waals surface area contributed by atoms with Crippen LogP contribution in [0.3, 0.4) is 0 Å². The van der Waals surface area contributed by atoms with Crippen LogP contribution < -0.4 is 11.0 Å². The van der Waals surface area contributed by atoms with Crippen molar-refractivity contribution in [3.05, 3.63) is 88.8 Å². The Labute approximate surface area is 207 Å². The van der Waals surface area contributed by atoms with Gasteiger partial charge in [-0.2, -0.15) is 0 Å². The van der Waals surface area contributed by atoms with Crippen LogP contribution >= 0.6 is 12.4 Å². The average Bonchev–Trinajstić information content (AvgIpc) is 3.18. The third-order valence-corrected chi connectivity index (χ3v) is 6.77. The number of nitrogens with zero attached hydrogens (tertiary/aromatic N) is 2. The van der Waals surface area contributed by atoms with Crippen molar-refractivity contribution in [1.29, 1.82) is 0 Å². The summed E-state index contributed by atoms with van der Waals surface area (Å²) in [5.74, 6) is 0. The van der Waals surface area contributed by atoms with Crippen LogP contribution in [0.25, 0.3) is 22.2 Å². The van der Waals surface area contributed by atoms with E-state index in [1.54, 1.807) is 0 Å². The summed E-state index contributed by atoms with van der Waals surface area (Å²) in [6, 6.07) is 25.5. The lowest BCUT2D eigenvalue weighted by Gasteiger charge is -2.32. The highest BCUT2D eigenvalue weighted by Gasteiger charge is 2.23. The molecule has 2 N–H and O–H groups in total. The van der Waals surface area contributed by atoms with Gasteiger partial charge in [-0.3, -0.25) is 4.57 Å². The number of hydrogen-bond acceptors (Lipinski definition) is 3. The van der Waals surface area contributed by atoms with Crippen LogP contribution in [-0.4, -0.2) is 40.6 Å². The smallest absolute Gasteiger partial charge is 0.326 e. The molecular formula is C28H33ClN4O. The number of rotatable bonds is 7. The first kappa shape index (κ1) is 24.1. The standard InChI is InChI=1S/C28H32N4O.ClH/c1-21-8-6-9-22(20-21)24-10-2-3-11-25(24)29-16-7-17-31-18-14-23(15-19-31)32-27-13-5-4-12-26(27)30-28(32)33;/h2-6,8-13,20,23,29H,7,14-19H2,1H3,(H,30,33);1H. The number of likely N-dealkylation sites (tertiary alicyclic amines) is 1. The number of nitrogens with one attached hydrogen (secondary N) is 2. The van der Waals surface area contributed by atoms with E-state index in [1.165, 1.54) is 22.4 Å². The number of hydrogen-bond donors (Lipinski definition) is 2. The molecule has 3 aromatic carbocycles. The summed E-state index contributed by atoms with van der Waals surface area (Å²) in [4.78, 5) is 18.0. The van der Waals surface area contributed by atoms with Crippen LogP contribution in [0.2, 0.25) is 0 Å². The number of imidazole rings is 1. The molecule has 0 bridgehead atoms. The Morgan fingerprint density at radius 2 is 1.74 bits per heavy atom. The van der Waals surface area contributed by atoms with E-state index in [0.29, 0.717) is 0 Å². The summed E-state index contributed by atoms with van der Waals surface area (Å²) in [6.07, 6.45) is 3.14. The van der Waals surface area contributed by atoms with Crippen molar-refractivity contribution in [3.63, 3.8) is 0 Å². The molecule has 1 saturated heterocycles. The van der Waals surface area contributed by atoms with Crippen LogP contribution in [0.5, 0.6) is 0 Å². The summed E-state index contributed by atoms with van der Waals surface area (Å²) < 4.78 is 1.97. The number of aromatic nitrogens is 2. The minimum absolute atomic E-state index is 0. The first-order valence-electron chi connectivity index (χ1n) is 12.0. The van der Waals surface area contributed by atoms with Crippen molar-refractivity contribution in [2.45, 2.75) is 32.2 Å². The number of H-pyrrole nitrogens is 1. The van der Waals surface area contributed by atoms with Crippen molar-refractivity contribution in [1.82, 2.24) is 14.5 Å². The number of para-hydroxylation sites is 3. The van der Waals surface area contributed by atoms with Gasteiger partial charge in [-0.1, -0.05) is 60.2 Å². The van der Waals surface area contributed by atoms with Crippen LogP contribution in [0.15, 0.2) is 77.6 Å². The molecule has 1 aromatic heterocycles. The third kappa shape index (κ3) is 5.21. The summed E-state index contributed by atoms with van der Waals surface area (Å²) in [5.41, 5.74) is 6.96. The van der Waals surface area contributed by atoms with Gasteiger partial charge in [0.25, 0.3) is 0 Å². The average molecular weight is 477 g/mol. The number of piperidine rings is 1. The van der Waals surface area contributed by atoms with Crippen molar-refractivity contribution in [3.8, 4) is 11.1 Å². The molecule has 0 unspecified atom stereocenters. The largest absolute Gasteiger partial charge is 0.384 e. The zero-order valence-electron chi connectivity index (χ0n) is 19.7. The Morgan fingerprint density at radius 3 is 2.56 bits per heavy atom. The molecule has 0 spiro atoms. The Morgan fingerprint density at radius 1 is 0.971 bits per heavy atom. The van der Waals surface area contributed by atoms with Crippen molar-refractivity contribution in [2.24, 2.45) is 0 Å². The van der Waals surface area contributed by atoms with E-state index in [0.717, 1.165) is 56.5 Å². The second kappa shape index (κ2) is 10.9. The molecule has 2 heterocycles. The number of benzene rings is 3. The molecule has 1 aliphatic rings. The van der Waals surface area contributed by atoms with E-state index in [9.17, 15) is 4.79 Å². The molecule has 5 rings (SSSR count). The molecular weight excluding hydrogens is 444 g/mol. The molecule has 1 aliphatic heterocycles. The Kier molecular flexibility index (Phi) is 7.76. The van der Waals surface area contributed by atoms with Gasteiger partial charge in [0.05, 0.1) is 11.0 Å². The second-order valence-corrected chi connectivity index (χ2v) is 9.09. The number of anilines is 1. The minimum Gasteiger partial charge on any atom is -0.384 e. The number of halogens is 1. The summed E-state index contributed by atoms with van der Waals surface area (Å²) in [6.45, 7) is 6.24. The monoisotopic (exact) mass is 476 g/mol. The molecule has 0 atom stereocenters. The summed E-state index contributed by atoms with van der Waals surface area (Å²) in [7, 11) is 0. The lowest BCUT2D eigenvalue weighted by atomic mass is 10.0. The van der Waals surface area contributed by atoms with Gasteiger partial charge in [0.2, 0.25) is 0 Å². The topological polar surface area (TPSA) is 53.1 Å². The van der Waals surface area contributed by atoms with E-state index >= 15 is 0 Å². The normalized spacial score (nSPS) is 14.7. The fraction of sp³-hybridized carbons (Fsp3) is 0.321. The van der Waals surface area contributed by atoms with Crippen LogP contribution in [0.1, 0.15) is 30.9 Å². The molecule has 0 aliphatic carbocycles. The summed E-state index contributed by atoms with van der Waals surface area (Å²) >= 11 is 0. The van der Waals surface area contributed by atoms with E-state index in [-0.39, 0.29) is 24.1 Å². The van der Waals surface area contributed by atoms with Gasteiger partial charge in [0.1, 0.15) is 0 Å². The Bertz CT molecular complexity index is 1290. The van der Waals surface area contributed by atoms with E-state index in [2.05, 4.69) is 70.7 Å². The fourth-order valence-corrected chi connectivity index (χ4v) is 5.07. The van der Waals surface area contributed by atoms with Gasteiger partial charge in [-0.05, 0) is 56.5 Å². The molecule has 1 fully saturated rings. The quantitative estimate of drug-likeness (QED) is 0.328. The van der Waals surface area contributed by atoms with Crippen LogP contribution in [0.4, 0.5) is 5.69 Å². The molecule has 0 amide bonds. The van der Waals surface area contributed by atoms with Gasteiger partial charge in [0.15, 0.2) is 0 Å². The molecule has 178 valence electrons. The van der Waals surface area contributed by atoms with E-state index in [4.69, 9.17) is 0 Å². The molecule has 5 nitrogen and oxygen atoms in total. The van der Waals surface area contributed by atoms with Gasteiger partial charge in [0, 0.05) is 36.9 Å². The van der Waals surface area contributed by atoms with Gasteiger partial charge < -0.3 is 15.2 Å². The maximum absolute atomic E-state index is 12.5. The lowest BCUT2D eigenvalue weighted by molar-refractivity contribution is 0.186. The highest BCUT2D eigenvalue weighted by molar-refractivity contribution is 5.85. The first-order chi connectivity index (χ1) is 16.2. The van der Waals surface area contributed by atoms with E-state index < -0.39 is 0 Å². The fourth-order valence-electron chi connectivity index (χ4n) is 5.07. The third-order valence-electron chi connectivity index (χ3n) is 6.77. The maximum Gasteiger partial charge on any atom is 0.326 e. The molecule has 6 heteroatoms. The summed E-state index contributed by atoms with van der Waals surface area (Å²) in [5, 5.41) is 3.65. The molecule has 4 aromatic rings. The Balaban J connectivity index is 0.00000274. The number of aromatic amines is 1. The van der Waals surface area contributed by atoms with Crippen molar-refractivity contribution >= 4 is 29.1 Å². The molecule has 34 heavy (non-hydrogen) atoms. The predicted octanol–water partition coefficient (Wildman–Crippen LogP) is 5.87. The number of fused-ring (bicyclic) bond motifs is 1. The SMILES string of the molecule is Cc1cccc(-c2ccccc2NCCCN2CCC(n3c(=O)[nH]c4ccccc43)CC2)c1.Cl. The molecule has 0 saturated carbocycles. The van der Waals surface area contributed by atoms with Crippen molar-refractivity contribution in [2.75, 3.05) is 31.5 Å². The van der Waals surface area contributed by atoms with Crippen molar-refractivity contribution < 1.29 is 0 Å². The zero-order chi connectivity index (χ0) is 22.6. The van der Waals surface area contributed by atoms with Crippen LogP contribution in [0, 0.1) is 6.92 Å². The van der Waals surface area contributed by atoms with Gasteiger partial charge in [-0.25, -0.2) is 4.79 Å². The highest BCUT2D eigenvalue weighted by atomic mass is 35.5. The lowest BCUT2D eigenvalue weighted by Crippen LogP contribution is -2.37.